The van der Waals surface area contributed by atoms with Crippen LogP contribution in [0.1, 0.15) is 51.2 Å². The van der Waals surface area contributed by atoms with E-state index in [9.17, 15) is 14.4 Å². The van der Waals surface area contributed by atoms with Gasteiger partial charge in [0.15, 0.2) is 0 Å². The summed E-state index contributed by atoms with van der Waals surface area (Å²) >= 11 is 0. The van der Waals surface area contributed by atoms with Gasteiger partial charge in [-0.1, -0.05) is 48.5 Å². The molecule has 2 aromatic rings. The Bertz CT molecular complexity index is 1030. The molecule has 2 aromatic carbocycles. The Hall–Kier alpha value is -3.39. The maximum absolute atomic E-state index is 12.8. The van der Waals surface area contributed by atoms with Crippen molar-refractivity contribution in [3.8, 4) is 11.1 Å². The van der Waals surface area contributed by atoms with Crippen molar-refractivity contribution in [1.29, 1.82) is 0 Å². The fourth-order valence-electron chi connectivity index (χ4n) is 4.05. The summed E-state index contributed by atoms with van der Waals surface area (Å²) in [7, 11) is 0. The number of benzene rings is 2. The Labute approximate surface area is 206 Å². The van der Waals surface area contributed by atoms with Gasteiger partial charge in [0.1, 0.15) is 6.61 Å². The van der Waals surface area contributed by atoms with Crippen LogP contribution in [0.15, 0.2) is 48.5 Å². The fourth-order valence-corrected chi connectivity index (χ4v) is 4.05. The highest BCUT2D eigenvalue weighted by atomic mass is 16.5. The van der Waals surface area contributed by atoms with Gasteiger partial charge in [-0.05, 0) is 49.9 Å². The van der Waals surface area contributed by atoms with Crippen molar-refractivity contribution in [1.82, 2.24) is 10.6 Å². The number of fused-ring (bicyclic) bond motifs is 3. The predicted octanol–water partition coefficient (Wildman–Crippen LogP) is 3.94. The Morgan fingerprint density at radius 3 is 2.06 bits per heavy atom. The van der Waals surface area contributed by atoms with Crippen molar-refractivity contribution in [2.45, 2.75) is 45.6 Å². The van der Waals surface area contributed by atoms with Gasteiger partial charge in [0.25, 0.3) is 0 Å². The molecule has 0 radical (unpaired) electrons. The van der Waals surface area contributed by atoms with Crippen LogP contribution in [0.4, 0.5) is 4.79 Å². The lowest BCUT2D eigenvalue weighted by atomic mass is 9.73. The molecule has 1 aliphatic rings. The number of nitrogens with one attached hydrogen (secondary N) is 2. The topological polar surface area (TPSA) is 114 Å². The van der Waals surface area contributed by atoms with E-state index in [-0.39, 0.29) is 44.6 Å². The molecular weight excluding hydrogens is 448 g/mol. The zero-order chi connectivity index (χ0) is 25.6. The number of hydrogen-bond acceptors (Lipinski definition) is 5. The number of carboxylic acids is 1. The number of carboxylic acid groups (broad SMARTS) is 1. The summed E-state index contributed by atoms with van der Waals surface area (Å²) in [6.45, 7) is 7.77. The van der Waals surface area contributed by atoms with Crippen LogP contribution in [0.3, 0.4) is 0 Å². The van der Waals surface area contributed by atoms with Gasteiger partial charge in [0, 0.05) is 12.5 Å². The van der Waals surface area contributed by atoms with E-state index in [0.717, 1.165) is 22.3 Å². The number of amides is 2. The monoisotopic (exact) mass is 482 g/mol. The van der Waals surface area contributed by atoms with E-state index in [1.54, 1.807) is 27.7 Å². The third-order valence-corrected chi connectivity index (χ3v) is 6.88. The third-order valence-electron chi connectivity index (χ3n) is 6.88. The first-order valence-electron chi connectivity index (χ1n) is 11.8. The molecule has 0 heterocycles. The molecule has 0 spiro atoms. The first-order chi connectivity index (χ1) is 16.5. The van der Waals surface area contributed by atoms with Crippen LogP contribution in [0, 0.1) is 5.41 Å². The number of hydrogen-bond donors (Lipinski definition) is 3. The van der Waals surface area contributed by atoms with Crippen molar-refractivity contribution in [3.05, 3.63) is 59.7 Å². The van der Waals surface area contributed by atoms with Gasteiger partial charge in [-0.25, -0.2) is 4.79 Å². The molecule has 0 saturated carbocycles. The summed E-state index contributed by atoms with van der Waals surface area (Å²) in [6.07, 6.45) is -0.675. The number of rotatable bonds is 11. The van der Waals surface area contributed by atoms with E-state index < -0.39 is 23.0 Å². The maximum Gasteiger partial charge on any atom is 0.407 e. The third kappa shape index (κ3) is 6.00. The highest BCUT2D eigenvalue weighted by Gasteiger charge is 2.44. The van der Waals surface area contributed by atoms with Gasteiger partial charge >= 0.3 is 12.1 Å². The van der Waals surface area contributed by atoms with Gasteiger partial charge in [-0.15, -0.1) is 0 Å². The van der Waals surface area contributed by atoms with Gasteiger partial charge in [-0.2, -0.15) is 0 Å². The summed E-state index contributed by atoms with van der Waals surface area (Å²) in [5.74, 6) is -1.24. The smallest absolute Gasteiger partial charge is 0.407 e. The molecule has 8 nitrogen and oxygen atoms in total. The molecule has 1 aliphatic carbocycles. The molecule has 8 heteroatoms. The molecule has 0 saturated heterocycles. The molecule has 188 valence electrons. The summed E-state index contributed by atoms with van der Waals surface area (Å²) < 4.78 is 10.8. The highest BCUT2D eigenvalue weighted by Crippen LogP contribution is 2.44. The molecule has 0 unspecified atom stereocenters. The number of aliphatic carboxylic acids is 1. The molecule has 2 amide bonds. The number of carbonyl (C=O) groups is 3. The number of ether oxygens (including phenoxy) is 2. The lowest BCUT2D eigenvalue weighted by Crippen LogP contribution is -2.59. The van der Waals surface area contributed by atoms with E-state index in [4.69, 9.17) is 14.6 Å². The second-order valence-corrected chi connectivity index (χ2v) is 9.71. The molecule has 0 atom stereocenters. The summed E-state index contributed by atoms with van der Waals surface area (Å²) in [6, 6.07) is 16.3. The van der Waals surface area contributed by atoms with E-state index in [2.05, 4.69) is 34.9 Å². The molecular formula is C27H34N2O6. The van der Waals surface area contributed by atoms with E-state index in [1.165, 1.54) is 0 Å². The van der Waals surface area contributed by atoms with Gasteiger partial charge in [0.05, 0.1) is 30.6 Å². The van der Waals surface area contributed by atoms with Crippen molar-refractivity contribution < 1.29 is 29.0 Å². The Morgan fingerprint density at radius 2 is 1.49 bits per heavy atom. The van der Waals surface area contributed by atoms with Crippen LogP contribution in [0.2, 0.25) is 0 Å². The molecule has 0 fully saturated rings. The standard InChI is InChI=1S/C27H34N2O6/c1-26(2,24(32)28-14-16-34-15-13-23(30)31)27(3,4)29-25(33)35-17-22-20-11-7-5-9-18(20)19-10-6-8-12-21(19)22/h5-12,22H,13-17H2,1-4H3,(H,28,32)(H,29,33)(H,30,31). The minimum Gasteiger partial charge on any atom is -0.481 e. The molecule has 3 N–H and O–H groups in total. The summed E-state index contributed by atoms with van der Waals surface area (Å²) in [5.41, 5.74) is 2.70. The first-order valence-corrected chi connectivity index (χ1v) is 11.8. The number of alkyl carbamates (subject to hydrolysis) is 1. The second-order valence-electron chi connectivity index (χ2n) is 9.71. The second kappa shape index (κ2) is 10.9. The lowest BCUT2D eigenvalue weighted by molar-refractivity contribution is -0.138. The van der Waals surface area contributed by atoms with E-state index in [1.807, 2.05) is 24.3 Å². The van der Waals surface area contributed by atoms with Crippen LogP contribution in [0.5, 0.6) is 0 Å². The summed E-state index contributed by atoms with van der Waals surface area (Å²) in [5, 5.41) is 14.3. The number of carbonyl (C=O) groups excluding carboxylic acids is 2. The predicted molar refractivity (Wildman–Crippen MR) is 132 cm³/mol. The zero-order valence-corrected chi connectivity index (χ0v) is 20.7. The zero-order valence-electron chi connectivity index (χ0n) is 20.7. The molecule has 0 aliphatic heterocycles. The van der Waals surface area contributed by atoms with Crippen LogP contribution in [-0.2, 0) is 19.1 Å². The largest absolute Gasteiger partial charge is 0.481 e. The van der Waals surface area contributed by atoms with Crippen molar-refractivity contribution in [2.75, 3.05) is 26.4 Å². The first kappa shape index (κ1) is 26.2. The van der Waals surface area contributed by atoms with Gasteiger partial charge < -0.3 is 25.2 Å². The Balaban J connectivity index is 1.54. The van der Waals surface area contributed by atoms with Crippen LogP contribution >= 0.6 is 0 Å². The van der Waals surface area contributed by atoms with E-state index >= 15 is 0 Å². The van der Waals surface area contributed by atoms with Crippen molar-refractivity contribution in [2.24, 2.45) is 5.41 Å². The molecule has 0 aromatic heterocycles. The average Bonchev–Trinajstić information content (AvgIpc) is 3.13. The Morgan fingerprint density at radius 1 is 0.914 bits per heavy atom. The SMILES string of the molecule is CC(C)(NC(=O)OCC1c2ccccc2-c2ccccc21)C(C)(C)C(=O)NCCOCCC(=O)O. The van der Waals surface area contributed by atoms with Gasteiger partial charge in [0.2, 0.25) is 5.91 Å². The maximum atomic E-state index is 12.8. The van der Waals surface area contributed by atoms with Crippen LogP contribution < -0.4 is 10.6 Å². The highest BCUT2D eigenvalue weighted by molar-refractivity contribution is 5.84. The summed E-state index contributed by atoms with van der Waals surface area (Å²) in [4.78, 5) is 36.1. The average molecular weight is 483 g/mol. The molecule has 35 heavy (non-hydrogen) atoms. The fraction of sp³-hybridized carbons (Fsp3) is 0.444. The molecule has 3 rings (SSSR count). The quantitative estimate of drug-likeness (QED) is 0.418. The minimum atomic E-state index is -0.959. The molecule has 0 bridgehead atoms. The van der Waals surface area contributed by atoms with Crippen molar-refractivity contribution in [3.63, 3.8) is 0 Å². The van der Waals surface area contributed by atoms with Gasteiger partial charge in [-0.3, -0.25) is 9.59 Å². The Kier molecular flexibility index (Phi) is 8.17. The lowest BCUT2D eigenvalue weighted by Gasteiger charge is -2.40. The minimum absolute atomic E-state index is 0.0475. The van der Waals surface area contributed by atoms with Crippen LogP contribution in [0.25, 0.3) is 11.1 Å². The van der Waals surface area contributed by atoms with Crippen LogP contribution in [-0.4, -0.2) is 55.0 Å². The normalized spacial score (nSPS) is 13.0. The van der Waals surface area contributed by atoms with E-state index in [0.29, 0.717) is 0 Å². The van der Waals surface area contributed by atoms with Crippen molar-refractivity contribution >= 4 is 18.0 Å².